The highest BCUT2D eigenvalue weighted by Gasteiger charge is 2.31. The fourth-order valence-corrected chi connectivity index (χ4v) is 3.96. The van der Waals surface area contributed by atoms with Crippen LogP contribution in [0.15, 0.2) is 28.7 Å². The Morgan fingerprint density at radius 3 is 2.71 bits per heavy atom. The van der Waals surface area contributed by atoms with Crippen LogP contribution in [0.2, 0.25) is 0 Å². The predicted molar refractivity (Wildman–Crippen MR) is 93.9 cm³/mol. The Kier molecular flexibility index (Phi) is 4.17. The van der Waals surface area contributed by atoms with Crippen LogP contribution in [0.25, 0.3) is 11.1 Å². The lowest BCUT2D eigenvalue weighted by Gasteiger charge is -2.36. The summed E-state index contributed by atoms with van der Waals surface area (Å²) in [4.78, 5) is 21.6. The molecule has 2 aliphatic heterocycles. The molecule has 3 heterocycles. The van der Waals surface area contributed by atoms with Crippen LogP contribution in [0.5, 0.6) is 0 Å². The molecule has 0 spiro atoms. The van der Waals surface area contributed by atoms with Crippen molar-refractivity contribution in [2.45, 2.75) is 32.6 Å². The summed E-state index contributed by atoms with van der Waals surface area (Å²) in [6.07, 6.45) is 4.18. The molecule has 2 aromatic rings. The Morgan fingerprint density at radius 1 is 1.17 bits per heavy atom. The van der Waals surface area contributed by atoms with Gasteiger partial charge in [-0.1, -0.05) is 19.1 Å². The van der Waals surface area contributed by atoms with E-state index in [-0.39, 0.29) is 5.92 Å². The fraction of sp³-hybridized carbons (Fsp3) is 0.579. The number of aromatic nitrogens is 1. The number of para-hydroxylation sites is 2. The van der Waals surface area contributed by atoms with Crippen molar-refractivity contribution in [3.63, 3.8) is 0 Å². The van der Waals surface area contributed by atoms with E-state index >= 15 is 0 Å². The number of piperidine rings is 2. The number of benzene rings is 1. The van der Waals surface area contributed by atoms with Crippen molar-refractivity contribution in [2.24, 2.45) is 11.8 Å². The van der Waals surface area contributed by atoms with Gasteiger partial charge >= 0.3 is 0 Å². The summed E-state index contributed by atoms with van der Waals surface area (Å²) in [5.74, 6) is 1.16. The number of fused-ring (bicyclic) bond motifs is 1. The van der Waals surface area contributed by atoms with Crippen LogP contribution in [0.4, 0.5) is 6.01 Å². The Labute approximate surface area is 142 Å². The summed E-state index contributed by atoms with van der Waals surface area (Å²) in [5.41, 5.74) is 1.72. The van der Waals surface area contributed by atoms with E-state index in [1.807, 2.05) is 24.3 Å². The third-order valence-corrected chi connectivity index (χ3v) is 5.37. The van der Waals surface area contributed by atoms with Gasteiger partial charge in [-0.25, -0.2) is 0 Å². The van der Waals surface area contributed by atoms with Crippen molar-refractivity contribution in [1.82, 2.24) is 9.88 Å². The molecule has 0 radical (unpaired) electrons. The van der Waals surface area contributed by atoms with E-state index in [9.17, 15) is 4.79 Å². The lowest BCUT2D eigenvalue weighted by atomic mass is 9.93. The van der Waals surface area contributed by atoms with Gasteiger partial charge in [0, 0.05) is 32.1 Å². The number of nitrogens with zero attached hydrogens (tertiary/aromatic N) is 3. The summed E-state index contributed by atoms with van der Waals surface area (Å²) in [6.45, 7) is 5.80. The molecular weight excluding hydrogens is 302 g/mol. The number of hydrogen-bond donors (Lipinski definition) is 0. The largest absolute Gasteiger partial charge is 0.423 e. The van der Waals surface area contributed by atoms with Crippen molar-refractivity contribution in [1.29, 1.82) is 0 Å². The SMILES string of the molecule is C[C@H]1CCCN(C(=O)C2CCN(c3nc4ccccc4o3)CC2)C1. The summed E-state index contributed by atoms with van der Waals surface area (Å²) in [7, 11) is 0. The van der Waals surface area contributed by atoms with Gasteiger partial charge in [0.15, 0.2) is 5.58 Å². The fourth-order valence-electron chi connectivity index (χ4n) is 3.96. The van der Waals surface area contributed by atoms with Crippen LogP contribution in [0.3, 0.4) is 0 Å². The highest BCUT2D eigenvalue weighted by atomic mass is 16.4. The van der Waals surface area contributed by atoms with Gasteiger partial charge in [0.2, 0.25) is 5.91 Å². The maximum absolute atomic E-state index is 12.8. The molecule has 0 unspecified atom stereocenters. The van der Waals surface area contributed by atoms with Crippen molar-refractivity contribution in [3.05, 3.63) is 24.3 Å². The van der Waals surface area contributed by atoms with Crippen LogP contribution in [-0.4, -0.2) is 42.0 Å². The third kappa shape index (κ3) is 2.99. The van der Waals surface area contributed by atoms with Gasteiger partial charge in [-0.2, -0.15) is 4.98 Å². The molecule has 5 nitrogen and oxygen atoms in total. The minimum atomic E-state index is 0.163. The molecule has 1 aromatic carbocycles. The molecule has 0 saturated carbocycles. The quantitative estimate of drug-likeness (QED) is 0.849. The van der Waals surface area contributed by atoms with Crippen molar-refractivity contribution >= 4 is 23.0 Å². The molecule has 0 bridgehead atoms. The predicted octanol–water partition coefficient (Wildman–Crippen LogP) is 3.30. The number of carbonyl (C=O) groups excluding carboxylic acids is 1. The van der Waals surface area contributed by atoms with E-state index in [0.29, 0.717) is 17.8 Å². The van der Waals surface area contributed by atoms with Crippen LogP contribution in [0, 0.1) is 11.8 Å². The number of likely N-dealkylation sites (tertiary alicyclic amines) is 1. The first-order chi connectivity index (χ1) is 11.7. The first-order valence-corrected chi connectivity index (χ1v) is 9.10. The van der Waals surface area contributed by atoms with Gasteiger partial charge < -0.3 is 14.2 Å². The van der Waals surface area contributed by atoms with Crippen LogP contribution >= 0.6 is 0 Å². The maximum atomic E-state index is 12.8. The molecule has 1 atom stereocenters. The summed E-state index contributed by atoms with van der Waals surface area (Å²) < 4.78 is 5.85. The topological polar surface area (TPSA) is 49.6 Å². The van der Waals surface area contributed by atoms with Gasteiger partial charge in [0.1, 0.15) is 5.52 Å². The van der Waals surface area contributed by atoms with E-state index in [0.717, 1.165) is 56.5 Å². The van der Waals surface area contributed by atoms with Crippen LogP contribution in [-0.2, 0) is 4.79 Å². The van der Waals surface area contributed by atoms with E-state index in [4.69, 9.17) is 4.42 Å². The molecule has 2 saturated heterocycles. The zero-order chi connectivity index (χ0) is 16.5. The average Bonchev–Trinajstić information content (AvgIpc) is 3.05. The molecular formula is C19H25N3O2. The molecule has 1 amide bonds. The highest BCUT2D eigenvalue weighted by molar-refractivity contribution is 5.79. The van der Waals surface area contributed by atoms with Crippen molar-refractivity contribution in [2.75, 3.05) is 31.1 Å². The van der Waals surface area contributed by atoms with Gasteiger partial charge in [0.05, 0.1) is 0 Å². The second-order valence-corrected chi connectivity index (χ2v) is 7.26. The first kappa shape index (κ1) is 15.5. The zero-order valence-electron chi connectivity index (χ0n) is 14.3. The van der Waals surface area contributed by atoms with Crippen molar-refractivity contribution < 1.29 is 9.21 Å². The number of anilines is 1. The van der Waals surface area contributed by atoms with Gasteiger partial charge in [0.25, 0.3) is 6.01 Å². The number of oxazole rings is 1. The molecule has 0 aliphatic carbocycles. The number of amides is 1. The van der Waals surface area contributed by atoms with Gasteiger partial charge in [-0.05, 0) is 43.7 Å². The maximum Gasteiger partial charge on any atom is 0.298 e. The number of rotatable bonds is 2. The van der Waals surface area contributed by atoms with Crippen LogP contribution in [0.1, 0.15) is 32.6 Å². The minimum absolute atomic E-state index is 0.163. The van der Waals surface area contributed by atoms with E-state index in [1.54, 1.807) is 0 Å². The third-order valence-electron chi connectivity index (χ3n) is 5.37. The summed E-state index contributed by atoms with van der Waals surface area (Å²) >= 11 is 0. The molecule has 2 aliphatic rings. The Hall–Kier alpha value is -2.04. The minimum Gasteiger partial charge on any atom is -0.423 e. The second-order valence-electron chi connectivity index (χ2n) is 7.26. The van der Waals surface area contributed by atoms with E-state index < -0.39 is 0 Å². The summed E-state index contributed by atoms with van der Waals surface area (Å²) in [6, 6.07) is 8.53. The Bertz CT molecular complexity index is 685. The lowest BCUT2D eigenvalue weighted by molar-refractivity contribution is -0.137. The lowest BCUT2D eigenvalue weighted by Crippen LogP contribution is -2.46. The molecule has 4 rings (SSSR count). The van der Waals surface area contributed by atoms with Gasteiger partial charge in [-0.3, -0.25) is 4.79 Å². The molecule has 1 aromatic heterocycles. The molecule has 24 heavy (non-hydrogen) atoms. The van der Waals surface area contributed by atoms with Crippen molar-refractivity contribution in [3.8, 4) is 0 Å². The summed E-state index contributed by atoms with van der Waals surface area (Å²) in [5, 5.41) is 0. The molecule has 2 fully saturated rings. The molecule has 128 valence electrons. The number of carbonyl (C=O) groups is 1. The van der Waals surface area contributed by atoms with E-state index in [2.05, 4.69) is 21.7 Å². The smallest absolute Gasteiger partial charge is 0.298 e. The zero-order valence-corrected chi connectivity index (χ0v) is 14.3. The standard InChI is InChI=1S/C19H25N3O2/c1-14-5-4-10-22(13-14)18(23)15-8-11-21(12-9-15)19-20-16-6-2-3-7-17(16)24-19/h2-3,6-7,14-15H,4-5,8-13H2,1H3/t14-/m0/s1. The molecule has 0 N–H and O–H groups in total. The average molecular weight is 327 g/mol. The molecule has 5 heteroatoms. The Morgan fingerprint density at radius 2 is 1.96 bits per heavy atom. The van der Waals surface area contributed by atoms with E-state index in [1.165, 1.54) is 6.42 Å². The van der Waals surface area contributed by atoms with Gasteiger partial charge in [-0.15, -0.1) is 0 Å². The first-order valence-electron chi connectivity index (χ1n) is 9.10. The Balaban J connectivity index is 1.38. The highest BCUT2D eigenvalue weighted by Crippen LogP contribution is 2.28. The second kappa shape index (κ2) is 6.46. The number of hydrogen-bond acceptors (Lipinski definition) is 4. The normalized spacial score (nSPS) is 23.0. The monoisotopic (exact) mass is 327 g/mol. The van der Waals surface area contributed by atoms with Crippen LogP contribution < -0.4 is 4.90 Å².